The fourth-order valence-electron chi connectivity index (χ4n) is 2.83. The summed E-state index contributed by atoms with van der Waals surface area (Å²) in [7, 11) is 1.85. The highest BCUT2D eigenvalue weighted by Crippen LogP contribution is 2.22. The zero-order valence-corrected chi connectivity index (χ0v) is 11.6. The van der Waals surface area contributed by atoms with Crippen molar-refractivity contribution in [2.75, 3.05) is 20.1 Å². The van der Waals surface area contributed by atoms with Crippen molar-refractivity contribution in [3.05, 3.63) is 35.5 Å². The molecule has 1 aliphatic rings. The zero-order valence-electron chi connectivity index (χ0n) is 11.6. The number of nitrogens with zero attached hydrogens (tertiary/aromatic N) is 1. The van der Waals surface area contributed by atoms with Crippen LogP contribution in [0.15, 0.2) is 24.4 Å². The van der Waals surface area contributed by atoms with E-state index in [-0.39, 0.29) is 12.1 Å². The molecule has 0 spiro atoms. The van der Waals surface area contributed by atoms with E-state index in [1.807, 2.05) is 13.2 Å². The number of urea groups is 1. The van der Waals surface area contributed by atoms with E-state index in [9.17, 15) is 4.79 Å². The molecule has 2 aromatic rings. The minimum Gasteiger partial charge on any atom is -0.361 e. The number of aromatic nitrogens is 1. The minimum atomic E-state index is 0.0153. The predicted molar refractivity (Wildman–Crippen MR) is 79.7 cm³/mol. The van der Waals surface area contributed by atoms with Gasteiger partial charge >= 0.3 is 6.03 Å². The molecule has 1 fully saturated rings. The van der Waals surface area contributed by atoms with Crippen LogP contribution < -0.4 is 11.1 Å². The van der Waals surface area contributed by atoms with Crippen LogP contribution in [0.1, 0.15) is 11.1 Å². The van der Waals surface area contributed by atoms with E-state index >= 15 is 0 Å². The monoisotopic (exact) mass is 272 g/mol. The van der Waals surface area contributed by atoms with Crippen molar-refractivity contribution in [1.29, 1.82) is 0 Å². The van der Waals surface area contributed by atoms with Gasteiger partial charge in [-0.2, -0.15) is 0 Å². The molecule has 1 atom stereocenters. The molecule has 5 heteroatoms. The van der Waals surface area contributed by atoms with Gasteiger partial charge in [0, 0.05) is 30.7 Å². The Morgan fingerprint density at radius 2 is 2.30 bits per heavy atom. The zero-order chi connectivity index (χ0) is 14.1. The summed E-state index contributed by atoms with van der Waals surface area (Å²) in [6, 6.07) is 6.70. The maximum absolute atomic E-state index is 11.5. The summed E-state index contributed by atoms with van der Waals surface area (Å²) in [4.78, 5) is 16.5. The Morgan fingerprint density at radius 1 is 1.45 bits per heavy atom. The number of rotatable bonds is 4. The third-order valence-electron chi connectivity index (χ3n) is 4.07. The number of carbonyl (C=O) groups is 1. The van der Waals surface area contributed by atoms with Crippen LogP contribution in [0.3, 0.4) is 0 Å². The number of nitrogens with one attached hydrogen (secondary N) is 2. The third kappa shape index (κ3) is 2.25. The number of carbonyl (C=O) groups excluding carboxylic acids is 1. The Hall–Kier alpha value is -2.01. The van der Waals surface area contributed by atoms with E-state index in [1.54, 1.807) is 4.90 Å². The first-order valence-corrected chi connectivity index (χ1v) is 6.98. The minimum absolute atomic E-state index is 0.0153. The van der Waals surface area contributed by atoms with Crippen LogP contribution in [0.2, 0.25) is 0 Å². The molecule has 0 radical (unpaired) electrons. The largest absolute Gasteiger partial charge is 0.361 e. The van der Waals surface area contributed by atoms with Gasteiger partial charge in [-0.3, -0.25) is 0 Å². The molecule has 20 heavy (non-hydrogen) atoms. The van der Waals surface area contributed by atoms with E-state index in [0.717, 1.165) is 24.9 Å². The number of benzene rings is 1. The quantitative estimate of drug-likeness (QED) is 0.783. The molecule has 3 rings (SSSR count). The molecule has 4 N–H and O–H groups in total. The Balaban J connectivity index is 1.85. The molecule has 5 nitrogen and oxygen atoms in total. The first kappa shape index (κ1) is 13.0. The highest BCUT2D eigenvalue weighted by atomic mass is 16.2. The van der Waals surface area contributed by atoms with E-state index in [4.69, 9.17) is 5.73 Å². The average Bonchev–Trinajstić information content (AvgIpc) is 2.98. The molecule has 1 aromatic carbocycles. The van der Waals surface area contributed by atoms with E-state index in [0.29, 0.717) is 6.54 Å². The maximum Gasteiger partial charge on any atom is 0.317 e. The van der Waals surface area contributed by atoms with Crippen LogP contribution in [-0.4, -0.2) is 42.1 Å². The van der Waals surface area contributed by atoms with Gasteiger partial charge in [0.05, 0.1) is 6.04 Å². The number of aromatic amines is 1. The summed E-state index contributed by atoms with van der Waals surface area (Å²) in [5, 5.41) is 4.11. The van der Waals surface area contributed by atoms with Crippen LogP contribution in [-0.2, 0) is 12.8 Å². The van der Waals surface area contributed by atoms with Gasteiger partial charge in [-0.25, -0.2) is 4.79 Å². The molecule has 106 valence electrons. The van der Waals surface area contributed by atoms with Crippen molar-refractivity contribution >= 4 is 16.9 Å². The average molecular weight is 272 g/mol. The van der Waals surface area contributed by atoms with Gasteiger partial charge < -0.3 is 20.9 Å². The summed E-state index contributed by atoms with van der Waals surface area (Å²) in [6.45, 7) is 1.37. The summed E-state index contributed by atoms with van der Waals surface area (Å²) >= 11 is 0. The van der Waals surface area contributed by atoms with Crippen LogP contribution in [0.25, 0.3) is 10.9 Å². The van der Waals surface area contributed by atoms with Crippen LogP contribution in [0.5, 0.6) is 0 Å². The molecule has 0 saturated carbocycles. The number of H-pyrrole nitrogens is 1. The first-order chi connectivity index (χ1) is 9.69. The fourth-order valence-corrected chi connectivity index (χ4v) is 2.83. The van der Waals surface area contributed by atoms with Gasteiger partial charge in [-0.1, -0.05) is 6.07 Å². The molecular formula is C15H20N4O. The summed E-state index contributed by atoms with van der Waals surface area (Å²) in [5.41, 5.74) is 9.31. The van der Waals surface area contributed by atoms with Crippen LogP contribution in [0.4, 0.5) is 4.79 Å². The second-order valence-corrected chi connectivity index (χ2v) is 5.39. The number of hydrogen-bond acceptors (Lipinski definition) is 2. The lowest BCUT2D eigenvalue weighted by molar-refractivity contribution is 0.216. The first-order valence-electron chi connectivity index (χ1n) is 6.98. The standard InChI is InChI=1S/C15H20N4O/c1-19-12(9-18-15(19)20)6-10-2-3-14-13(7-10)11(4-5-16)8-17-14/h2-3,7-8,12,17H,4-6,9,16H2,1H3,(H,18,20). The SMILES string of the molecule is CN1C(=O)NCC1Cc1ccc2[nH]cc(CCN)c2c1. The summed E-state index contributed by atoms with van der Waals surface area (Å²) in [6.07, 6.45) is 3.79. The molecule has 1 aromatic heterocycles. The lowest BCUT2D eigenvalue weighted by Crippen LogP contribution is -2.31. The highest BCUT2D eigenvalue weighted by Gasteiger charge is 2.27. The van der Waals surface area contributed by atoms with Gasteiger partial charge in [0.15, 0.2) is 0 Å². The third-order valence-corrected chi connectivity index (χ3v) is 4.07. The van der Waals surface area contributed by atoms with Crippen LogP contribution >= 0.6 is 0 Å². The number of likely N-dealkylation sites (N-methyl/N-ethyl adjacent to an activating group) is 1. The molecule has 1 aliphatic heterocycles. The Labute approximate surface area is 118 Å². The second-order valence-electron chi connectivity index (χ2n) is 5.39. The lowest BCUT2D eigenvalue weighted by atomic mass is 10.0. The van der Waals surface area contributed by atoms with Crippen LogP contribution in [0, 0.1) is 0 Å². The summed E-state index contributed by atoms with van der Waals surface area (Å²) in [5.74, 6) is 0. The summed E-state index contributed by atoms with van der Waals surface area (Å²) < 4.78 is 0. The van der Waals surface area contributed by atoms with E-state index in [2.05, 4.69) is 28.5 Å². The van der Waals surface area contributed by atoms with Gasteiger partial charge in [0.1, 0.15) is 0 Å². The number of hydrogen-bond donors (Lipinski definition) is 3. The maximum atomic E-state index is 11.5. The second kappa shape index (κ2) is 5.17. The molecule has 2 amide bonds. The van der Waals surface area contributed by atoms with Gasteiger partial charge in [0.2, 0.25) is 0 Å². The molecule has 0 bridgehead atoms. The normalized spacial score (nSPS) is 18.8. The topological polar surface area (TPSA) is 74.2 Å². The van der Waals surface area contributed by atoms with E-state index < -0.39 is 0 Å². The lowest BCUT2D eigenvalue weighted by Gasteiger charge is -2.17. The molecule has 1 unspecified atom stereocenters. The van der Waals surface area contributed by atoms with Crippen molar-refractivity contribution in [3.8, 4) is 0 Å². The highest BCUT2D eigenvalue weighted by molar-refractivity contribution is 5.84. The van der Waals surface area contributed by atoms with Crippen molar-refractivity contribution < 1.29 is 4.79 Å². The number of amides is 2. The van der Waals surface area contributed by atoms with Gasteiger partial charge in [-0.15, -0.1) is 0 Å². The van der Waals surface area contributed by atoms with Crippen molar-refractivity contribution in [2.24, 2.45) is 5.73 Å². The molecule has 1 saturated heterocycles. The Bertz CT molecular complexity index is 634. The molecule has 2 heterocycles. The fraction of sp³-hybridized carbons (Fsp3) is 0.400. The predicted octanol–water partition coefficient (Wildman–Crippen LogP) is 1.24. The van der Waals surface area contributed by atoms with Gasteiger partial charge in [-0.05, 0) is 42.6 Å². The van der Waals surface area contributed by atoms with Crippen molar-refractivity contribution in [2.45, 2.75) is 18.9 Å². The van der Waals surface area contributed by atoms with Crippen molar-refractivity contribution in [3.63, 3.8) is 0 Å². The Kier molecular flexibility index (Phi) is 3.36. The molecule has 0 aliphatic carbocycles. The smallest absolute Gasteiger partial charge is 0.317 e. The Morgan fingerprint density at radius 3 is 3.00 bits per heavy atom. The molecular weight excluding hydrogens is 252 g/mol. The van der Waals surface area contributed by atoms with Crippen molar-refractivity contribution in [1.82, 2.24) is 15.2 Å². The number of fused-ring (bicyclic) bond motifs is 1. The van der Waals surface area contributed by atoms with Gasteiger partial charge in [0.25, 0.3) is 0 Å². The number of nitrogens with two attached hydrogens (primary N) is 1. The van der Waals surface area contributed by atoms with E-state index in [1.165, 1.54) is 16.5 Å².